The van der Waals surface area contributed by atoms with Crippen molar-refractivity contribution < 1.29 is 8.42 Å². The second kappa shape index (κ2) is 6.36. The monoisotopic (exact) mass is 308 g/mol. The lowest BCUT2D eigenvalue weighted by Crippen LogP contribution is -2.41. The van der Waals surface area contributed by atoms with Crippen molar-refractivity contribution in [2.75, 3.05) is 0 Å². The topological polar surface area (TPSA) is 76.9 Å². The van der Waals surface area contributed by atoms with E-state index in [2.05, 4.69) is 14.9 Å². The van der Waals surface area contributed by atoms with Crippen LogP contribution in [0.5, 0.6) is 0 Å². The molecular formula is C14H20N4O2S. The first-order valence-electron chi connectivity index (χ1n) is 6.81. The van der Waals surface area contributed by atoms with Crippen molar-refractivity contribution in [2.45, 2.75) is 38.3 Å². The molecule has 0 amide bonds. The van der Waals surface area contributed by atoms with Gasteiger partial charge in [-0.05, 0) is 30.5 Å². The number of aromatic nitrogens is 3. The number of rotatable bonds is 6. The Labute approximate surface area is 125 Å². The maximum absolute atomic E-state index is 12.5. The average molecular weight is 308 g/mol. The van der Waals surface area contributed by atoms with E-state index in [1.807, 2.05) is 26.8 Å². The molecule has 1 atom stereocenters. The molecule has 0 aliphatic carbocycles. The van der Waals surface area contributed by atoms with E-state index in [1.165, 1.54) is 4.80 Å². The molecule has 114 valence electrons. The van der Waals surface area contributed by atoms with Gasteiger partial charge in [0, 0.05) is 6.04 Å². The zero-order valence-electron chi connectivity index (χ0n) is 12.4. The number of nitrogens with zero attached hydrogens (tertiary/aromatic N) is 3. The van der Waals surface area contributed by atoms with E-state index in [9.17, 15) is 8.42 Å². The standard InChI is InChI=1S/C14H20N4O2S/c1-11(2)14(10-18-15-7-8-16-18)17-21(19,20)13-6-4-5-12(3)9-13/h4-9,11,14,17H,10H2,1-3H3. The molecule has 0 fully saturated rings. The van der Waals surface area contributed by atoms with Crippen molar-refractivity contribution >= 4 is 10.0 Å². The fraction of sp³-hybridized carbons (Fsp3) is 0.429. The molecule has 7 heteroatoms. The van der Waals surface area contributed by atoms with Crippen molar-refractivity contribution in [2.24, 2.45) is 5.92 Å². The summed E-state index contributed by atoms with van der Waals surface area (Å²) < 4.78 is 27.7. The molecule has 0 saturated heterocycles. The van der Waals surface area contributed by atoms with Gasteiger partial charge in [-0.25, -0.2) is 13.1 Å². The minimum absolute atomic E-state index is 0.121. The van der Waals surface area contributed by atoms with Crippen LogP contribution in [0.25, 0.3) is 0 Å². The second-order valence-electron chi connectivity index (χ2n) is 5.37. The summed E-state index contributed by atoms with van der Waals surface area (Å²) >= 11 is 0. The third-order valence-corrected chi connectivity index (χ3v) is 4.73. The second-order valence-corrected chi connectivity index (χ2v) is 7.09. The third-order valence-electron chi connectivity index (χ3n) is 3.24. The highest BCUT2D eigenvalue weighted by molar-refractivity contribution is 7.89. The zero-order valence-corrected chi connectivity index (χ0v) is 13.2. The Bertz CT molecular complexity index is 681. The number of sulfonamides is 1. The zero-order chi connectivity index (χ0) is 15.5. The molecule has 1 aromatic carbocycles. The lowest BCUT2D eigenvalue weighted by molar-refractivity contribution is 0.361. The average Bonchev–Trinajstić information content (AvgIpc) is 2.90. The summed E-state index contributed by atoms with van der Waals surface area (Å²) in [4.78, 5) is 1.77. The molecule has 1 heterocycles. The van der Waals surface area contributed by atoms with Crippen LogP contribution in [0.3, 0.4) is 0 Å². The molecule has 0 bridgehead atoms. The number of nitrogens with one attached hydrogen (secondary N) is 1. The van der Waals surface area contributed by atoms with Crippen LogP contribution in [-0.2, 0) is 16.6 Å². The Morgan fingerprint density at radius 3 is 2.48 bits per heavy atom. The summed E-state index contributed by atoms with van der Waals surface area (Å²) in [6, 6.07) is 6.59. The predicted molar refractivity (Wildman–Crippen MR) is 80.1 cm³/mol. The summed E-state index contributed by atoms with van der Waals surface area (Å²) in [5.41, 5.74) is 0.910. The number of hydrogen-bond acceptors (Lipinski definition) is 4. The molecule has 1 unspecified atom stereocenters. The molecule has 1 aromatic heterocycles. The lowest BCUT2D eigenvalue weighted by atomic mass is 10.1. The van der Waals surface area contributed by atoms with Gasteiger partial charge in [0.1, 0.15) is 0 Å². The molecule has 0 aliphatic heterocycles. The quantitative estimate of drug-likeness (QED) is 0.879. The lowest BCUT2D eigenvalue weighted by Gasteiger charge is -2.21. The normalized spacial score (nSPS) is 13.5. The first-order chi connectivity index (χ1) is 9.88. The van der Waals surface area contributed by atoms with Gasteiger partial charge >= 0.3 is 0 Å². The van der Waals surface area contributed by atoms with Gasteiger partial charge in [-0.15, -0.1) is 0 Å². The molecule has 0 spiro atoms. The Kier molecular flexibility index (Phi) is 4.74. The highest BCUT2D eigenvalue weighted by atomic mass is 32.2. The predicted octanol–water partition coefficient (Wildman–Crippen LogP) is 1.59. The van der Waals surface area contributed by atoms with E-state index in [4.69, 9.17) is 0 Å². The van der Waals surface area contributed by atoms with Gasteiger partial charge in [0.05, 0.1) is 23.8 Å². The van der Waals surface area contributed by atoms with Gasteiger partial charge in [0.2, 0.25) is 10.0 Å². The van der Waals surface area contributed by atoms with Crippen molar-refractivity contribution in [1.82, 2.24) is 19.7 Å². The van der Waals surface area contributed by atoms with Gasteiger partial charge in [-0.1, -0.05) is 26.0 Å². The van der Waals surface area contributed by atoms with Crippen LogP contribution in [0.1, 0.15) is 19.4 Å². The summed E-state index contributed by atoms with van der Waals surface area (Å²) in [7, 11) is -3.55. The Morgan fingerprint density at radius 2 is 1.90 bits per heavy atom. The SMILES string of the molecule is Cc1cccc(S(=O)(=O)NC(Cn2nccn2)C(C)C)c1. The third kappa shape index (κ3) is 4.12. The summed E-state index contributed by atoms with van der Waals surface area (Å²) in [6.07, 6.45) is 3.15. The number of benzene rings is 1. The molecule has 1 N–H and O–H groups in total. The van der Waals surface area contributed by atoms with Crippen LogP contribution in [0.2, 0.25) is 0 Å². The van der Waals surface area contributed by atoms with Gasteiger partial charge in [-0.3, -0.25) is 0 Å². The summed E-state index contributed by atoms with van der Waals surface area (Å²) in [5.74, 6) is 0.121. The van der Waals surface area contributed by atoms with E-state index >= 15 is 0 Å². The van der Waals surface area contributed by atoms with Crippen LogP contribution >= 0.6 is 0 Å². The summed E-state index contributed by atoms with van der Waals surface area (Å²) in [5, 5.41) is 8.05. The molecular weight excluding hydrogens is 288 g/mol. The van der Waals surface area contributed by atoms with Crippen molar-refractivity contribution in [3.8, 4) is 0 Å². The molecule has 21 heavy (non-hydrogen) atoms. The first-order valence-corrected chi connectivity index (χ1v) is 8.30. The fourth-order valence-corrected chi connectivity index (χ4v) is 3.43. The largest absolute Gasteiger partial charge is 0.240 e. The maximum atomic E-state index is 12.5. The van der Waals surface area contributed by atoms with Crippen molar-refractivity contribution in [3.63, 3.8) is 0 Å². The molecule has 0 radical (unpaired) electrons. The molecule has 0 saturated carbocycles. The van der Waals surface area contributed by atoms with E-state index in [1.54, 1.807) is 30.6 Å². The van der Waals surface area contributed by atoms with E-state index in [-0.39, 0.29) is 16.9 Å². The Balaban J connectivity index is 2.19. The molecule has 2 rings (SSSR count). The maximum Gasteiger partial charge on any atom is 0.240 e. The minimum Gasteiger partial charge on any atom is -0.207 e. The van der Waals surface area contributed by atoms with Crippen LogP contribution < -0.4 is 4.72 Å². The molecule has 6 nitrogen and oxygen atoms in total. The van der Waals surface area contributed by atoms with Gasteiger partial charge in [-0.2, -0.15) is 15.0 Å². The van der Waals surface area contributed by atoms with E-state index in [0.29, 0.717) is 6.54 Å². The number of aryl methyl sites for hydroxylation is 1. The van der Waals surface area contributed by atoms with Gasteiger partial charge < -0.3 is 0 Å². The Morgan fingerprint density at radius 1 is 1.24 bits per heavy atom. The van der Waals surface area contributed by atoms with Crippen LogP contribution in [0, 0.1) is 12.8 Å². The Hall–Kier alpha value is -1.73. The van der Waals surface area contributed by atoms with E-state index in [0.717, 1.165) is 5.56 Å². The number of hydrogen-bond donors (Lipinski definition) is 1. The summed E-state index contributed by atoms with van der Waals surface area (Å²) in [6.45, 7) is 6.20. The molecule has 2 aromatic rings. The van der Waals surface area contributed by atoms with Crippen molar-refractivity contribution in [1.29, 1.82) is 0 Å². The van der Waals surface area contributed by atoms with Crippen molar-refractivity contribution in [3.05, 3.63) is 42.2 Å². The fourth-order valence-electron chi connectivity index (χ4n) is 1.95. The first kappa shape index (κ1) is 15.7. The minimum atomic E-state index is -3.55. The van der Waals surface area contributed by atoms with Gasteiger partial charge in [0.15, 0.2) is 0 Å². The van der Waals surface area contributed by atoms with E-state index < -0.39 is 10.0 Å². The smallest absolute Gasteiger partial charge is 0.207 e. The molecule has 0 aliphatic rings. The van der Waals surface area contributed by atoms with Crippen LogP contribution in [0.4, 0.5) is 0 Å². The highest BCUT2D eigenvalue weighted by Gasteiger charge is 2.23. The van der Waals surface area contributed by atoms with Crippen LogP contribution in [-0.4, -0.2) is 29.5 Å². The van der Waals surface area contributed by atoms with Gasteiger partial charge in [0.25, 0.3) is 0 Å². The highest BCUT2D eigenvalue weighted by Crippen LogP contribution is 2.14. The van der Waals surface area contributed by atoms with Crippen LogP contribution in [0.15, 0.2) is 41.6 Å².